The molecule has 1 atom stereocenters. The van der Waals surface area contributed by atoms with Crippen molar-refractivity contribution >= 4 is 16.0 Å². The zero-order valence-electron chi connectivity index (χ0n) is 11.2. The smallest absolute Gasteiger partial charge is 0.323 e. The molecule has 2 rings (SSSR count). The zero-order chi connectivity index (χ0) is 14.8. The molecule has 0 aliphatic carbocycles. The summed E-state index contributed by atoms with van der Waals surface area (Å²) in [6, 6.07) is 3.68. The molecular weight excluding hydrogens is 284 g/mol. The molecule has 20 heavy (non-hydrogen) atoms. The van der Waals surface area contributed by atoms with E-state index in [9.17, 15) is 13.2 Å². The molecular formula is C12H18N2O5S. The van der Waals surface area contributed by atoms with E-state index in [1.807, 2.05) is 12.1 Å². The molecule has 0 radical (unpaired) electrons. The third-order valence-corrected chi connectivity index (χ3v) is 5.63. The Hall–Kier alpha value is -1.38. The van der Waals surface area contributed by atoms with Crippen LogP contribution in [0.15, 0.2) is 22.8 Å². The van der Waals surface area contributed by atoms with Crippen LogP contribution in [0.1, 0.15) is 12.7 Å². The van der Waals surface area contributed by atoms with E-state index in [2.05, 4.69) is 4.90 Å². The number of hydrogen-bond donors (Lipinski definition) is 1. The molecule has 7 nitrogen and oxygen atoms in total. The maximum atomic E-state index is 12.1. The predicted molar refractivity (Wildman–Crippen MR) is 71.6 cm³/mol. The second-order valence-electron chi connectivity index (χ2n) is 4.78. The van der Waals surface area contributed by atoms with Crippen LogP contribution in [0.4, 0.5) is 0 Å². The number of carboxylic acid groups (broad SMARTS) is 1. The number of piperazine rings is 1. The molecule has 2 heterocycles. The van der Waals surface area contributed by atoms with E-state index in [-0.39, 0.29) is 0 Å². The van der Waals surface area contributed by atoms with E-state index in [1.165, 1.54) is 11.2 Å². The zero-order valence-corrected chi connectivity index (χ0v) is 12.0. The van der Waals surface area contributed by atoms with Crippen molar-refractivity contribution in [3.05, 3.63) is 24.2 Å². The Balaban J connectivity index is 1.92. The fourth-order valence-corrected chi connectivity index (χ4v) is 3.49. The van der Waals surface area contributed by atoms with Crippen LogP contribution in [-0.2, 0) is 21.4 Å². The fourth-order valence-electron chi connectivity index (χ4n) is 2.12. The highest BCUT2D eigenvalue weighted by Gasteiger charge is 2.35. The van der Waals surface area contributed by atoms with Gasteiger partial charge in [-0.05, 0) is 19.1 Å². The number of nitrogens with zero attached hydrogens (tertiary/aromatic N) is 2. The highest BCUT2D eigenvalue weighted by molar-refractivity contribution is 7.90. The maximum Gasteiger partial charge on any atom is 0.323 e. The molecule has 1 aliphatic rings. The molecule has 0 aromatic carbocycles. The minimum absolute atomic E-state index is 0.306. The molecule has 1 unspecified atom stereocenters. The second-order valence-corrected chi connectivity index (χ2v) is 7.03. The summed E-state index contributed by atoms with van der Waals surface area (Å²) >= 11 is 0. The Bertz CT molecular complexity index is 546. The summed E-state index contributed by atoms with van der Waals surface area (Å²) in [6.45, 7) is 3.57. The molecule has 8 heteroatoms. The van der Waals surface area contributed by atoms with Gasteiger partial charge in [0.05, 0.1) is 12.8 Å². The first-order valence-corrected chi connectivity index (χ1v) is 7.88. The van der Waals surface area contributed by atoms with Crippen LogP contribution in [0, 0.1) is 0 Å². The lowest BCUT2D eigenvalue weighted by Gasteiger charge is -2.34. The van der Waals surface area contributed by atoms with E-state index < -0.39 is 21.2 Å². The number of furan rings is 1. The average Bonchev–Trinajstić information content (AvgIpc) is 2.91. The van der Waals surface area contributed by atoms with Crippen molar-refractivity contribution in [1.29, 1.82) is 0 Å². The Labute approximate surface area is 117 Å². The van der Waals surface area contributed by atoms with Crippen molar-refractivity contribution in [1.82, 2.24) is 9.21 Å². The number of aliphatic carboxylic acids is 1. The van der Waals surface area contributed by atoms with Crippen molar-refractivity contribution in [3.8, 4) is 0 Å². The topological polar surface area (TPSA) is 91.1 Å². The molecule has 1 saturated heterocycles. The van der Waals surface area contributed by atoms with Gasteiger partial charge in [-0.25, -0.2) is 8.42 Å². The van der Waals surface area contributed by atoms with Gasteiger partial charge in [-0.15, -0.1) is 0 Å². The SMILES string of the molecule is CC(C(=O)O)S(=O)(=O)N1CCN(Cc2ccco2)CC1. The van der Waals surface area contributed by atoms with Crippen LogP contribution in [-0.4, -0.2) is 60.1 Å². The summed E-state index contributed by atoms with van der Waals surface area (Å²) in [6.07, 6.45) is 1.60. The lowest BCUT2D eigenvalue weighted by atomic mass is 10.3. The van der Waals surface area contributed by atoms with Gasteiger partial charge >= 0.3 is 5.97 Å². The normalized spacial score (nSPS) is 19.9. The van der Waals surface area contributed by atoms with Crippen LogP contribution >= 0.6 is 0 Å². The van der Waals surface area contributed by atoms with Gasteiger partial charge in [0.2, 0.25) is 10.0 Å². The molecule has 0 saturated carbocycles. The van der Waals surface area contributed by atoms with Crippen LogP contribution in [0.3, 0.4) is 0 Å². The predicted octanol–water partition coefficient (Wildman–Crippen LogP) is 0.200. The third-order valence-electron chi connectivity index (χ3n) is 3.45. The fraction of sp³-hybridized carbons (Fsp3) is 0.583. The van der Waals surface area contributed by atoms with Gasteiger partial charge in [0.1, 0.15) is 5.76 Å². The maximum absolute atomic E-state index is 12.1. The molecule has 1 N–H and O–H groups in total. The first-order chi connectivity index (χ1) is 9.41. The van der Waals surface area contributed by atoms with Gasteiger partial charge in [-0.2, -0.15) is 4.31 Å². The summed E-state index contributed by atoms with van der Waals surface area (Å²) in [7, 11) is -3.76. The number of sulfonamides is 1. The van der Waals surface area contributed by atoms with Crippen molar-refractivity contribution < 1.29 is 22.7 Å². The van der Waals surface area contributed by atoms with E-state index >= 15 is 0 Å². The van der Waals surface area contributed by atoms with E-state index in [0.717, 1.165) is 5.76 Å². The number of carboxylic acids is 1. The number of rotatable bonds is 5. The average molecular weight is 302 g/mol. The van der Waals surface area contributed by atoms with Crippen LogP contribution in [0.2, 0.25) is 0 Å². The van der Waals surface area contributed by atoms with Gasteiger partial charge in [0, 0.05) is 26.2 Å². The molecule has 112 valence electrons. The summed E-state index contributed by atoms with van der Waals surface area (Å²) in [4.78, 5) is 12.9. The Morgan fingerprint density at radius 1 is 1.40 bits per heavy atom. The molecule has 0 amide bonds. The van der Waals surface area contributed by atoms with Gasteiger partial charge in [-0.3, -0.25) is 9.69 Å². The molecule has 1 aromatic heterocycles. The van der Waals surface area contributed by atoms with Crippen molar-refractivity contribution in [2.24, 2.45) is 0 Å². The summed E-state index contributed by atoms with van der Waals surface area (Å²) in [5.74, 6) is -0.483. The molecule has 1 fully saturated rings. The van der Waals surface area contributed by atoms with E-state index in [0.29, 0.717) is 32.7 Å². The second kappa shape index (κ2) is 5.94. The standard InChI is InChI=1S/C12H18N2O5S/c1-10(12(15)16)20(17,18)14-6-4-13(5-7-14)9-11-3-2-8-19-11/h2-3,8,10H,4-7,9H2,1H3,(H,15,16). The Morgan fingerprint density at radius 2 is 2.05 bits per heavy atom. The summed E-state index contributed by atoms with van der Waals surface area (Å²) < 4.78 is 30.6. The van der Waals surface area contributed by atoms with Gasteiger partial charge in [0.15, 0.2) is 5.25 Å². The first-order valence-electron chi connectivity index (χ1n) is 6.38. The minimum atomic E-state index is -3.76. The van der Waals surface area contributed by atoms with Crippen LogP contribution in [0.25, 0.3) is 0 Å². The van der Waals surface area contributed by atoms with Gasteiger partial charge in [-0.1, -0.05) is 0 Å². The van der Waals surface area contributed by atoms with E-state index in [4.69, 9.17) is 9.52 Å². The third kappa shape index (κ3) is 3.20. The molecule has 0 spiro atoms. The van der Waals surface area contributed by atoms with Crippen molar-refractivity contribution in [2.45, 2.75) is 18.7 Å². The monoisotopic (exact) mass is 302 g/mol. The highest BCUT2D eigenvalue weighted by atomic mass is 32.2. The number of carbonyl (C=O) groups is 1. The summed E-state index contributed by atoms with van der Waals surface area (Å²) in [5, 5.41) is 7.44. The molecule has 1 aromatic rings. The van der Waals surface area contributed by atoms with Gasteiger partial charge < -0.3 is 9.52 Å². The Morgan fingerprint density at radius 3 is 2.55 bits per heavy atom. The van der Waals surface area contributed by atoms with Crippen LogP contribution in [0.5, 0.6) is 0 Å². The van der Waals surface area contributed by atoms with Crippen molar-refractivity contribution in [2.75, 3.05) is 26.2 Å². The summed E-state index contributed by atoms with van der Waals surface area (Å²) in [5.41, 5.74) is 0. The minimum Gasteiger partial charge on any atom is -0.480 e. The first kappa shape index (κ1) is 15.0. The molecule has 1 aliphatic heterocycles. The largest absolute Gasteiger partial charge is 0.480 e. The number of hydrogen-bond acceptors (Lipinski definition) is 5. The lowest BCUT2D eigenvalue weighted by molar-refractivity contribution is -0.136. The van der Waals surface area contributed by atoms with Crippen LogP contribution < -0.4 is 0 Å². The lowest BCUT2D eigenvalue weighted by Crippen LogP contribution is -2.51. The van der Waals surface area contributed by atoms with Crippen molar-refractivity contribution in [3.63, 3.8) is 0 Å². The highest BCUT2D eigenvalue weighted by Crippen LogP contribution is 2.15. The van der Waals surface area contributed by atoms with E-state index in [1.54, 1.807) is 6.26 Å². The van der Waals surface area contributed by atoms with Gasteiger partial charge in [0.25, 0.3) is 0 Å². The Kier molecular flexibility index (Phi) is 4.46. The quantitative estimate of drug-likeness (QED) is 0.835. The molecule has 0 bridgehead atoms.